The second kappa shape index (κ2) is 10.6. The second-order valence-electron chi connectivity index (χ2n) is 6.58. The fourth-order valence-corrected chi connectivity index (χ4v) is 3.00. The lowest BCUT2D eigenvalue weighted by Gasteiger charge is -2.22. The number of benzene rings is 2. The molecule has 8 heteroatoms. The summed E-state index contributed by atoms with van der Waals surface area (Å²) in [6.07, 6.45) is 0. The summed E-state index contributed by atoms with van der Waals surface area (Å²) in [7, 11) is 0. The normalized spacial score (nSPS) is 11.5. The Balaban J connectivity index is 1.99. The number of nitrogens with one attached hydrogen (secondary N) is 3. The molecule has 2 aromatic carbocycles. The van der Waals surface area contributed by atoms with Crippen molar-refractivity contribution < 1.29 is 19.1 Å². The maximum absolute atomic E-state index is 12.5. The second-order valence-corrected chi connectivity index (χ2v) is 7.43. The van der Waals surface area contributed by atoms with Gasteiger partial charge in [-0.15, -0.1) is 0 Å². The van der Waals surface area contributed by atoms with Crippen LogP contribution in [0.1, 0.15) is 41.5 Å². The van der Waals surface area contributed by atoms with Crippen molar-refractivity contribution in [3.63, 3.8) is 0 Å². The third-order valence-electron chi connectivity index (χ3n) is 4.08. The predicted molar refractivity (Wildman–Crippen MR) is 113 cm³/mol. The quantitative estimate of drug-likeness (QED) is 0.551. The average Bonchev–Trinajstić information content (AvgIpc) is 2.70. The molecular formula is C21H24BrN3O4. The number of hydrogen-bond donors (Lipinski definition) is 3. The van der Waals surface area contributed by atoms with Gasteiger partial charge in [0.2, 0.25) is 0 Å². The monoisotopic (exact) mass is 461 g/mol. The zero-order valence-corrected chi connectivity index (χ0v) is 18.1. The SMILES string of the molecule is CCOc1ccc(C(=O)NC(C(=O)NNC(=O)c2ccccc2Br)C(C)C)cc1. The smallest absolute Gasteiger partial charge is 0.270 e. The Kier molecular flexibility index (Phi) is 8.21. The van der Waals surface area contributed by atoms with Crippen LogP contribution in [0.5, 0.6) is 5.75 Å². The standard InChI is InChI=1S/C21H24BrN3O4/c1-4-29-15-11-9-14(10-12-15)19(26)23-18(13(2)3)21(28)25-24-20(27)16-7-5-6-8-17(16)22/h5-13,18H,4H2,1-3H3,(H,23,26)(H,24,27)(H,25,28). The number of rotatable bonds is 7. The molecule has 2 rings (SSSR count). The maximum Gasteiger partial charge on any atom is 0.270 e. The van der Waals surface area contributed by atoms with Crippen molar-refractivity contribution in [3.05, 3.63) is 64.1 Å². The van der Waals surface area contributed by atoms with Gasteiger partial charge in [0.25, 0.3) is 17.7 Å². The first kappa shape index (κ1) is 22.4. The van der Waals surface area contributed by atoms with Gasteiger partial charge in [-0.2, -0.15) is 0 Å². The molecule has 154 valence electrons. The zero-order chi connectivity index (χ0) is 21.4. The zero-order valence-electron chi connectivity index (χ0n) is 16.5. The summed E-state index contributed by atoms with van der Waals surface area (Å²) in [5.41, 5.74) is 5.54. The number of hydrogen-bond acceptors (Lipinski definition) is 4. The van der Waals surface area contributed by atoms with E-state index in [4.69, 9.17) is 4.74 Å². The minimum Gasteiger partial charge on any atom is -0.494 e. The van der Waals surface area contributed by atoms with Crippen LogP contribution in [0.4, 0.5) is 0 Å². The van der Waals surface area contributed by atoms with Crippen molar-refractivity contribution in [2.45, 2.75) is 26.8 Å². The molecule has 0 aliphatic heterocycles. The van der Waals surface area contributed by atoms with Crippen LogP contribution in [0.2, 0.25) is 0 Å². The summed E-state index contributed by atoms with van der Waals surface area (Å²) in [6.45, 7) is 6.02. The number of carbonyl (C=O) groups excluding carboxylic acids is 3. The Morgan fingerprint density at radius 1 is 0.966 bits per heavy atom. The summed E-state index contributed by atoms with van der Waals surface area (Å²) in [4.78, 5) is 37.3. The molecular weight excluding hydrogens is 438 g/mol. The van der Waals surface area contributed by atoms with E-state index in [2.05, 4.69) is 32.1 Å². The molecule has 0 aromatic heterocycles. The Hall–Kier alpha value is -2.87. The van der Waals surface area contributed by atoms with E-state index in [-0.39, 0.29) is 11.8 Å². The first-order chi connectivity index (χ1) is 13.8. The van der Waals surface area contributed by atoms with Crippen LogP contribution in [0, 0.1) is 5.92 Å². The van der Waals surface area contributed by atoms with E-state index in [1.165, 1.54) is 0 Å². The Labute approximate surface area is 178 Å². The molecule has 0 radical (unpaired) electrons. The van der Waals surface area contributed by atoms with E-state index in [0.717, 1.165) is 0 Å². The van der Waals surface area contributed by atoms with Crippen molar-refractivity contribution in [3.8, 4) is 5.75 Å². The number of halogens is 1. The summed E-state index contributed by atoms with van der Waals surface area (Å²) in [6, 6.07) is 12.7. The minimum absolute atomic E-state index is 0.193. The highest BCUT2D eigenvalue weighted by molar-refractivity contribution is 9.10. The van der Waals surface area contributed by atoms with Crippen molar-refractivity contribution in [2.75, 3.05) is 6.61 Å². The predicted octanol–water partition coefficient (Wildman–Crippen LogP) is 3.06. The lowest BCUT2D eigenvalue weighted by Crippen LogP contribution is -2.54. The van der Waals surface area contributed by atoms with E-state index in [9.17, 15) is 14.4 Å². The van der Waals surface area contributed by atoms with Crippen LogP contribution in [0.15, 0.2) is 53.0 Å². The molecule has 29 heavy (non-hydrogen) atoms. The summed E-state index contributed by atoms with van der Waals surface area (Å²) < 4.78 is 5.97. The van der Waals surface area contributed by atoms with Gasteiger partial charge in [0.05, 0.1) is 12.2 Å². The molecule has 0 aliphatic rings. The fourth-order valence-electron chi connectivity index (χ4n) is 2.54. The highest BCUT2D eigenvalue weighted by Gasteiger charge is 2.25. The Morgan fingerprint density at radius 2 is 1.62 bits per heavy atom. The highest BCUT2D eigenvalue weighted by Crippen LogP contribution is 2.15. The van der Waals surface area contributed by atoms with E-state index >= 15 is 0 Å². The maximum atomic E-state index is 12.5. The summed E-state index contributed by atoms with van der Waals surface area (Å²) >= 11 is 3.29. The molecule has 0 aliphatic carbocycles. The lowest BCUT2D eigenvalue weighted by atomic mass is 10.0. The molecule has 3 N–H and O–H groups in total. The van der Waals surface area contributed by atoms with Crippen molar-refractivity contribution in [2.24, 2.45) is 5.92 Å². The molecule has 1 unspecified atom stereocenters. The first-order valence-corrected chi connectivity index (χ1v) is 10.0. The lowest BCUT2D eigenvalue weighted by molar-refractivity contribution is -0.124. The van der Waals surface area contributed by atoms with Crippen LogP contribution in [0.25, 0.3) is 0 Å². The topological polar surface area (TPSA) is 96.5 Å². The van der Waals surface area contributed by atoms with Crippen LogP contribution >= 0.6 is 15.9 Å². The molecule has 0 bridgehead atoms. The Morgan fingerprint density at radius 3 is 2.21 bits per heavy atom. The van der Waals surface area contributed by atoms with Crippen LogP contribution in [-0.2, 0) is 4.79 Å². The average molecular weight is 462 g/mol. The van der Waals surface area contributed by atoms with Crippen molar-refractivity contribution in [1.29, 1.82) is 0 Å². The van der Waals surface area contributed by atoms with Crippen molar-refractivity contribution >= 4 is 33.7 Å². The minimum atomic E-state index is -0.825. The first-order valence-electron chi connectivity index (χ1n) is 9.22. The van der Waals surface area contributed by atoms with Gasteiger partial charge in [-0.25, -0.2) is 0 Å². The van der Waals surface area contributed by atoms with E-state index in [0.29, 0.717) is 28.0 Å². The molecule has 2 aromatic rings. The van der Waals surface area contributed by atoms with Gasteiger partial charge in [0.1, 0.15) is 11.8 Å². The molecule has 0 saturated carbocycles. The van der Waals surface area contributed by atoms with Gasteiger partial charge >= 0.3 is 0 Å². The van der Waals surface area contributed by atoms with Crippen LogP contribution in [0.3, 0.4) is 0 Å². The molecule has 0 spiro atoms. The number of hydrazine groups is 1. The molecule has 3 amide bonds. The van der Waals surface area contributed by atoms with Gasteiger partial charge in [-0.3, -0.25) is 25.2 Å². The van der Waals surface area contributed by atoms with Gasteiger partial charge < -0.3 is 10.1 Å². The number of ether oxygens (including phenoxy) is 1. The summed E-state index contributed by atoms with van der Waals surface area (Å²) in [5.74, 6) is -0.899. The van der Waals surface area contributed by atoms with Crippen molar-refractivity contribution in [1.82, 2.24) is 16.2 Å². The third-order valence-corrected chi connectivity index (χ3v) is 4.77. The van der Waals surface area contributed by atoms with E-state index < -0.39 is 17.9 Å². The van der Waals surface area contributed by atoms with Gasteiger partial charge in [0, 0.05) is 10.0 Å². The molecule has 0 fully saturated rings. The van der Waals surface area contributed by atoms with Crippen LogP contribution < -0.4 is 20.9 Å². The van der Waals surface area contributed by atoms with E-state index in [1.54, 1.807) is 62.4 Å². The fraction of sp³-hybridized carbons (Fsp3) is 0.286. The van der Waals surface area contributed by atoms with Gasteiger partial charge in [0.15, 0.2) is 0 Å². The summed E-state index contributed by atoms with van der Waals surface area (Å²) in [5, 5.41) is 2.71. The van der Waals surface area contributed by atoms with Crippen LogP contribution in [-0.4, -0.2) is 30.4 Å². The van der Waals surface area contributed by atoms with E-state index in [1.807, 2.05) is 6.92 Å². The number of amides is 3. The van der Waals surface area contributed by atoms with Gasteiger partial charge in [-0.1, -0.05) is 26.0 Å². The molecule has 7 nitrogen and oxygen atoms in total. The van der Waals surface area contributed by atoms with Gasteiger partial charge in [-0.05, 0) is 65.2 Å². The largest absolute Gasteiger partial charge is 0.494 e. The third kappa shape index (κ3) is 6.32. The molecule has 1 atom stereocenters. The Bertz CT molecular complexity index is 868. The molecule has 0 saturated heterocycles. The molecule has 0 heterocycles. The highest BCUT2D eigenvalue weighted by atomic mass is 79.9. The number of carbonyl (C=O) groups is 3.